The van der Waals surface area contributed by atoms with Crippen molar-refractivity contribution in [3.63, 3.8) is 0 Å². The highest BCUT2D eigenvalue weighted by atomic mass is 16.5. The number of rotatable bonds is 3. The number of carbonyl (C=O) groups excluding carboxylic acids is 2. The first-order valence-corrected chi connectivity index (χ1v) is 6.19. The molecule has 0 bridgehead atoms. The molecule has 1 saturated heterocycles. The van der Waals surface area contributed by atoms with Crippen molar-refractivity contribution in [2.24, 2.45) is 0 Å². The average Bonchev–Trinajstić information content (AvgIpc) is 3.12. The molecule has 1 unspecified atom stereocenters. The van der Waals surface area contributed by atoms with E-state index in [0.29, 0.717) is 24.5 Å². The van der Waals surface area contributed by atoms with Crippen LogP contribution >= 0.6 is 0 Å². The quantitative estimate of drug-likeness (QED) is 0.898. The summed E-state index contributed by atoms with van der Waals surface area (Å²) in [7, 11) is 1.71. The Bertz CT molecular complexity index is 632. The summed E-state index contributed by atoms with van der Waals surface area (Å²) >= 11 is 0. The van der Waals surface area contributed by atoms with E-state index in [9.17, 15) is 9.59 Å². The van der Waals surface area contributed by atoms with Crippen LogP contribution in [0.1, 0.15) is 16.9 Å². The minimum atomic E-state index is -0.361. The Morgan fingerprint density at radius 2 is 2.35 bits per heavy atom. The molecule has 7 nitrogen and oxygen atoms in total. The van der Waals surface area contributed by atoms with E-state index < -0.39 is 0 Å². The minimum absolute atomic E-state index is 0.0201. The van der Waals surface area contributed by atoms with E-state index in [-0.39, 0.29) is 23.6 Å². The number of hydrogen-bond acceptors (Lipinski definition) is 5. The lowest BCUT2D eigenvalue weighted by atomic mass is 10.2. The zero-order valence-electron chi connectivity index (χ0n) is 10.8. The number of likely N-dealkylation sites (N-methyl/N-ethyl adjacent to an activating group) is 1. The van der Waals surface area contributed by atoms with Crippen LogP contribution in [0.4, 0.5) is 0 Å². The number of nitrogens with zero attached hydrogens (tertiary/aromatic N) is 2. The number of aromatic nitrogens is 1. The second-order valence-corrected chi connectivity index (χ2v) is 4.70. The van der Waals surface area contributed by atoms with E-state index in [1.807, 2.05) is 0 Å². The third-order valence-electron chi connectivity index (χ3n) is 3.18. The van der Waals surface area contributed by atoms with Gasteiger partial charge in [0.1, 0.15) is 0 Å². The van der Waals surface area contributed by atoms with E-state index in [0.717, 1.165) is 0 Å². The van der Waals surface area contributed by atoms with E-state index in [4.69, 9.17) is 8.94 Å². The van der Waals surface area contributed by atoms with Crippen molar-refractivity contribution in [1.82, 2.24) is 15.4 Å². The Hall–Kier alpha value is -2.57. The van der Waals surface area contributed by atoms with Gasteiger partial charge in [-0.15, -0.1) is 0 Å². The molecule has 7 heteroatoms. The number of furan rings is 1. The van der Waals surface area contributed by atoms with E-state index in [1.54, 1.807) is 24.1 Å². The van der Waals surface area contributed by atoms with Gasteiger partial charge in [0.25, 0.3) is 5.91 Å². The zero-order chi connectivity index (χ0) is 14.1. The van der Waals surface area contributed by atoms with Gasteiger partial charge in [-0.05, 0) is 12.1 Å². The summed E-state index contributed by atoms with van der Waals surface area (Å²) in [6.45, 7) is 0.507. The van der Waals surface area contributed by atoms with Crippen LogP contribution in [0, 0.1) is 0 Å². The van der Waals surface area contributed by atoms with Gasteiger partial charge in [-0.2, -0.15) is 0 Å². The van der Waals surface area contributed by atoms with Crippen molar-refractivity contribution in [1.29, 1.82) is 0 Å². The normalized spacial score (nSPS) is 18.6. The van der Waals surface area contributed by atoms with E-state index in [2.05, 4.69) is 10.5 Å². The first kappa shape index (κ1) is 12.5. The molecule has 0 radical (unpaired) electrons. The van der Waals surface area contributed by atoms with Gasteiger partial charge in [0.05, 0.1) is 12.3 Å². The monoisotopic (exact) mass is 275 g/mol. The van der Waals surface area contributed by atoms with E-state index >= 15 is 0 Å². The predicted octanol–water partition coefficient (Wildman–Crippen LogP) is 0.895. The van der Waals surface area contributed by atoms with Crippen molar-refractivity contribution in [2.45, 2.75) is 12.5 Å². The fourth-order valence-corrected chi connectivity index (χ4v) is 2.14. The van der Waals surface area contributed by atoms with Gasteiger partial charge in [-0.25, -0.2) is 0 Å². The molecule has 0 aliphatic carbocycles. The molecular formula is C13H13N3O4. The first-order valence-electron chi connectivity index (χ1n) is 6.19. The SMILES string of the molecule is CN1CC(NC(=O)c2cc(-c3ccco3)on2)CC1=O. The Morgan fingerprint density at radius 1 is 1.50 bits per heavy atom. The smallest absolute Gasteiger partial charge is 0.273 e. The predicted molar refractivity (Wildman–Crippen MR) is 67.7 cm³/mol. The van der Waals surface area contributed by atoms with E-state index in [1.165, 1.54) is 12.3 Å². The number of carbonyl (C=O) groups is 2. The van der Waals surface area contributed by atoms with Crippen molar-refractivity contribution < 1.29 is 18.5 Å². The molecule has 2 aromatic heterocycles. The Balaban J connectivity index is 1.68. The molecule has 0 saturated carbocycles. The van der Waals surface area contributed by atoms with Crippen LogP contribution < -0.4 is 5.32 Å². The molecule has 3 heterocycles. The van der Waals surface area contributed by atoms with Crippen molar-refractivity contribution in [2.75, 3.05) is 13.6 Å². The zero-order valence-corrected chi connectivity index (χ0v) is 10.8. The molecular weight excluding hydrogens is 262 g/mol. The third kappa shape index (κ3) is 2.29. The molecule has 0 spiro atoms. The summed E-state index contributed by atoms with van der Waals surface area (Å²) in [5.41, 5.74) is 0.165. The Kier molecular flexibility index (Phi) is 3.02. The van der Waals surface area contributed by atoms with Gasteiger partial charge in [0.2, 0.25) is 11.7 Å². The van der Waals surface area contributed by atoms with Crippen molar-refractivity contribution in [3.8, 4) is 11.5 Å². The number of hydrogen-bond donors (Lipinski definition) is 1. The maximum atomic E-state index is 12.0. The largest absolute Gasteiger partial charge is 0.461 e. The highest BCUT2D eigenvalue weighted by molar-refractivity contribution is 5.93. The lowest BCUT2D eigenvalue weighted by molar-refractivity contribution is -0.126. The molecule has 2 aromatic rings. The van der Waals surface area contributed by atoms with Crippen LogP contribution in [-0.4, -0.2) is 41.5 Å². The molecule has 0 aromatic carbocycles. The molecule has 2 amide bonds. The molecule has 1 N–H and O–H groups in total. The van der Waals surface area contributed by atoms with Gasteiger partial charge in [0.15, 0.2) is 11.5 Å². The highest BCUT2D eigenvalue weighted by Crippen LogP contribution is 2.20. The summed E-state index contributed by atoms with van der Waals surface area (Å²) in [5, 5.41) is 6.47. The van der Waals surface area contributed by atoms with Gasteiger partial charge >= 0.3 is 0 Å². The second kappa shape index (κ2) is 4.84. The Morgan fingerprint density at radius 3 is 3.00 bits per heavy atom. The number of amides is 2. The summed E-state index contributed by atoms with van der Waals surface area (Å²) < 4.78 is 10.2. The topological polar surface area (TPSA) is 88.6 Å². The highest BCUT2D eigenvalue weighted by Gasteiger charge is 2.29. The summed E-state index contributed by atoms with van der Waals surface area (Å²) in [4.78, 5) is 25.0. The van der Waals surface area contributed by atoms with Gasteiger partial charge in [-0.1, -0.05) is 5.16 Å². The molecule has 1 aliphatic heterocycles. The Labute approximate surface area is 114 Å². The summed E-state index contributed by atoms with van der Waals surface area (Å²) in [5.74, 6) is 0.554. The molecule has 1 fully saturated rings. The molecule has 104 valence electrons. The molecule has 1 aliphatic rings. The summed E-state index contributed by atoms with van der Waals surface area (Å²) in [6, 6.07) is 4.75. The van der Waals surface area contributed by atoms with Crippen molar-refractivity contribution in [3.05, 3.63) is 30.2 Å². The maximum Gasteiger partial charge on any atom is 0.273 e. The van der Waals surface area contributed by atoms with Crippen LogP contribution in [0.5, 0.6) is 0 Å². The molecule has 20 heavy (non-hydrogen) atoms. The minimum Gasteiger partial charge on any atom is -0.461 e. The maximum absolute atomic E-state index is 12.0. The molecule has 3 rings (SSSR count). The fraction of sp³-hybridized carbons (Fsp3) is 0.308. The average molecular weight is 275 g/mol. The second-order valence-electron chi connectivity index (χ2n) is 4.70. The number of nitrogens with one attached hydrogen (secondary N) is 1. The lowest BCUT2D eigenvalue weighted by Gasteiger charge is -2.10. The van der Waals surface area contributed by atoms with Gasteiger partial charge in [0, 0.05) is 26.1 Å². The van der Waals surface area contributed by atoms with Gasteiger partial charge < -0.3 is 19.2 Å². The first-order chi connectivity index (χ1) is 9.63. The number of likely N-dealkylation sites (tertiary alicyclic amines) is 1. The third-order valence-corrected chi connectivity index (χ3v) is 3.18. The van der Waals surface area contributed by atoms with Crippen molar-refractivity contribution >= 4 is 11.8 Å². The van der Waals surface area contributed by atoms with Crippen LogP contribution in [-0.2, 0) is 4.79 Å². The molecule has 1 atom stereocenters. The van der Waals surface area contributed by atoms with Crippen LogP contribution in [0.25, 0.3) is 11.5 Å². The van der Waals surface area contributed by atoms with Crippen LogP contribution in [0.3, 0.4) is 0 Å². The lowest BCUT2D eigenvalue weighted by Crippen LogP contribution is -2.36. The standard InChI is InChI=1S/C13H13N3O4/c1-16-7-8(5-12(16)17)14-13(18)9-6-11(20-15-9)10-3-2-4-19-10/h2-4,6,8H,5,7H2,1H3,(H,14,18). The van der Waals surface area contributed by atoms with Crippen LogP contribution in [0.15, 0.2) is 33.4 Å². The van der Waals surface area contributed by atoms with Gasteiger partial charge in [-0.3, -0.25) is 9.59 Å². The summed E-state index contributed by atoms with van der Waals surface area (Å²) in [6.07, 6.45) is 1.82. The fourth-order valence-electron chi connectivity index (χ4n) is 2.14. The van der Waals surface area contributed by atoms with Crippen LogP contribution in [0.2, 0.25) is 0 Å².